The van der Waals surface area contributed by atoms with Gasteiger partial charge in [0.1, 0.15) is 6.10 Å². The standard InChI is InChI=1S/C16H22N2O2/c1-3-17-12(2)11-18(14-8-5-4-7-13(14)17)16(19)15-9-6-10-20-15/h4-5,7-8,12,15H,3,6,9-11H2,1-2H3. The highest BCUT2D eigenvalue weighted by atomic mass is 16.5. The van der Waals surface area contributed by atoms with Crippen molar-refractivity contribution in [2.75, 3.05) is 29.5 Å². The Labute approximate surface area is 120 Å². The van der Waals surface area contributed by atoms with Gasteiger partial charge < -0.3 is 14.5 Å². The molecule has 4 heteroatoms. The topological polar surface area (TPSA) is 32.8 Å². The summed E-state index contributed by atoms with van der Waals surface area (Å²) in [5.41, 5.74) is 2.17. The number of fused-ring (bicyclic) bond motifs is 1. The number of para-hydroxylation sites is 2. The summed E-state index contributed by atoms with van der Waals surface area (Å²) < 4.78 is 5.57. The molecule has 108 valence electrons. The maximum absolute atomic E-state index is 12.7. The van der Waals surface area contributed by atoms with Crippen LogP contribution in [0.2, 0.25) is 0 Å². The van der Waals surface area contributed by atoms with E-state index in [0.29, 0.717) is 12.6 Å². The number of hydrogen-bond donors (Lipinski definition) is 0. The monoisotopic (exact) mass is 274 g/mol. The molecule has 1 fully saturated rings. The third kappa shape index (κ3) is 2.18. The Balaban J connectivity index is 1.94. The van der Waals surface area contributed by atoms with Crippen LogP contribution < -0.4 is 9.80 Å². The molecule has 20 heavy (non-hydrogen) atoms. The molecule has 2 aliphatic rings. The summed E-state index contributed by atoms with van der Waals surface area (Å²) >= 11 is 0. The van der Waals surface area contributed by atoms with Crippen molar-refractivity contribution in [2.24, 2.45) is 0 Å². The number of anilines is 2. The van der Waals surface area contributed by atoms with Gasteiger partial charge in [-0.2, -0.15) is 0 Å². The molecule has 0 radical (unpaired) electrons. The van der Waals surface area contributed by atoms with Crippen molar-refractivity contribution in [2.45, 2.75) is 38.8 Å². The molecule has 0 aromatic heterocycles. The predicted octanol–water partition coefficient (Wildman–Crippen LogP) is 2.43. The highest BCUT2D eigenvalue weighted by Crippen LogP contribution is 2.36. The first-order valence-corrected chi connectivity index (χ1v) is 7.51. The Hall–Kier alpha value is -1.55. The average molecular weight is 274 g/mol. The fourth-order valence-corrected chi connectivity index (χ4v) is 3.27. The van der Waals surface area contributed by atoms with Crippen LogP contribution in [0.4, 0.5) is 11.4 Å². The van der Waals surface area contributed by atoms with E-state index in [-0.39, 0.29) is 12.0 Å². The van der Waals surface area contributed by atoms with E-state index in [1.807, 2.05) is 23.1 Å². The molecular weight excluding hydrogens is 252 g/mol. The van der Waals surface area contributed by atoms with E-state index in [1.165, 1.54) is 0 Å². The molecule has 2 aliphatic heterocycles. The second kappa shape index (κ2) is 5.44. The van der Waals surface area contributed by atoms with Crippen LogP contribution in [0.15, 0.2) is 24.3 Å². The van der Waals surface area contributed by atoms with Crippen molar-refractivity contribution in [1.82, 2.24) is 0 Å². The van der Waals surface area contributed by atoms with Crippen LogP contribution in [-0.2, 0) is 9.53 Å². The Kier molecular flexibility index (Phi) is 3.66. The SMILES string of the molecule is CCN1c2ccccc2N(C(=O)C2CCCO2)CC1C. The van der Waals surface area contributed by atoms with Crippen molar-refractivity contribution >= 4 is 17.3 Å². The molecule has 1 aromatic rings. The summed E-state index contributed by atoms with van der Waals surface area (Å²) in [5, 5.41) is 0. The number of rotatable bonds is 2. The molecule has 1 saturated heterocycles. The van der Waals surface area contributed by atoms with E-state index in [4.69, 9.17) is 4.74 Å². The number of nitrogens with zero attached hydrogens (tertiary/aromatic N) is 2. The van der Waals surface area contributed by atoms with E-state index in [2.05, 4.69) is 24.8 Å². The van der Waals surface area contributed by atoms with Crippen LogP contribution >= 0.6 is 0 Å². The minimum Gasteiger partial charge on any atom is -0.368 e. The lowest BCUT2D eigenvalue weighted by Crippen LogP contribution is -2.52. The quantitative estimate of drug-likeness (QED) is 0.830. The van der Waals surface area contributed by atoms with Gasteiger partial charge in [0.2, 0.25) is 0 Å². The van der Waals surface area contributed by atoms with Crippen LogP contribution in [0.5, 0.6) is 0 Å². The van der Waals surface area contributed by atoms with Crippen LogP contribution in [0.1, 0.15) is 26.7 Å². The van der Waals surface area contributed by atoms with E-state index >= 15 is 0 Å². The number of amides is 1. The normalized spacial score (nSPS) is 25.7. The smallest absolute Gasteiger partial charge is 0.256 e. The summed E-state index contributed by atoms with van der Waals surface area (Å²) in [6.45, 7) is 6.74. The van der Waals surface area contributed by atoms with Crippen LogP contribution in [-0.4, -0.2) is 37.7 Å². The molecular formula is C16H22N2O2. The molecule has 1 aromatic carbocycles. The fourth-order valence-electron chi connectivity index (χ4n) is 3.27. The zero-order valence-electron chi connectivity index (χ0n) is 12.2. The fraction of sp³-hybridized carbons (Fsp3) is 0.562. The molecule has 2 heterocycles. The minimum absolute atomic E-state index is 0.123. The summed E-state index contributed by atoms with van der Waals surface area (Å²) in [6.07, 6.45) is 1.59. The molecule has 2 atom stereocenters. The maximum atomic E-state index is 12.7. The van der Waals surface area contributed by atoms with Gasteiger partial charge in [0.15, 0.2) is 0 Å². The zero-order valence-corrected chi connectivity index (χ0v) is 12.2. The second-order valence-corrected chi connectivity index (χ2v) is 5.57. The number of hydrogen-bond acceptors (Lipinski definition) is 3. The average Bonchev–Trinajstić information content (AvgIpc) is 3.00. The van der Waals surface area contributed by atoms with Crippen molar-refractivity contribution in [3.8, 4) is 0 Å². The Bertz CT molecular complexity index is 497. The minimum atomic E-state index is -0.247. The van der Waals surface area contributed by atoms with Gasteiger partial charge in [-0.3, -0.25) is 4.79 Å². The van der Waals surface area contributed by atoms with Gasteiger partial charge >= 0.3 is 0 Å². The van der Waals surface area contributed by atoms with E-state index < -0.39 is 0 Å². The maximum Gasteiger partial charge on any atom is 0.256 e. The molecule has 2 unspecified atom stereocenters. The molecule has 0 saturated carbocycles. The first kappa shape index (κ1) is 13.4. The number of benzene rings is 1. The van der Waals surface area contributed by atoms with E-state index in [9.17, 15) is 4.79 Å². The Morgan fingerprint density at radius 2 is 2.10 bits per heavy atom. The van der Waals surface area contributed by atoms with Crippen molar-refractivity contribution < 1.29 is 9.53 Å². The molecule has 4 nitrogen and oxygen atoms in total. The lowest BCUT2D eigenvalue weighted by Gasteiger charge is -2.42. The van der Waals surface area contributed by atoms with Crippen LogP contribution in [0, 0.1) is 0 Å². The zero-order chi connectivity index (χ0) is 14.1. The number of ether oxygens (including phenoxy) is 1. The third-order valence-electron chi connectivity index (χ3n) is 4.27. The molecule has 0 bridgehead atoms. The molecule has 1 amide bonds. The first-order chi connectivity index (χ1) is 9.72. The van der Waals surface area contributed by atoms with Crippen molar-refractivity contribution in [1.29, 1.82) is 0 Å². The van der Waals surface area contributed by atoms with Crippen molar-refractivity contribution in [3.63, 3.8) is 0 Å². The van der Waals surface area contributed by atoms with E-state index in [0.717, 1.165) is 37.3 Å². The number of carbonyl (C=O) groups is 1. The van der Waals surface area contributed by atoms with Gasteiger partial charge in [0, 0.05) is 25.7 Å². The van der Waals surface area contributed by atoms with Gasteiger partial charge in [-0.25, -0.2) is 0 Å². The largest absolute Gasteiger partial charge is 0.368 e. The van der Waals surface area contributed by atoms with Crippen LogP contribution in [0.3, 0.4) is 0 Å². The van der Waals surface area contributed by atoms with Gasteiger partial charge in [-0.1, -0.05) is 12.1 Å². The summed E-state index contributed by atoms with van der Waals surface area (Å²) in [4.78, 5) is 17.0. The molecule has 0 N–H and O–H groups in total. The van der Waals surface area contributed by atoms with Gasteiger partial charge in [0.05, 0.1) is 11.4 Å². The molecule has 3 rings (SSSR count). The lowest BCUT2D eigenvalue weighted by atomic mass is 10.1. The van der Waals surface area contributed by atoms with E-state index in [1.54, 1.807) is 0 Å². The van der Waals surface area contributed by atoms with Gasteiger partial charge in [-0.15, -0.1) is 0 Å². The summed E-state index contributed by atoms with van der Waals surface area (Å²) in [5.74, 6) is 0.123. The van der Waals surface area contributed by atoms with Crippen LogP contribution in [0.25, 0.3) is 0 Å². The Morgan fingerprint density at radius 1 is 1.35 bits per heavy atom. The predicted molar refractivity (Wildman–Crippen MR) is 80.3 cm³/mol. The first-order valence-electron chi connectivity index (χ1n) is 7.51. The lowest BCUT2D eigenvalue weighted by molar-refractivity contribution is -0.127. The number of likely N-dealkylation sites (N-methyl/N-ethyl adjacent to an activating group) is 1. The molecule has 0 aliphatic carbocycles. The second-order valence-electron chi connectivity index (χ2n) is 5.57. The summed E-state index contributed by atoms with van der Waals surface area (Å²) in [7, 11) is 0. The molecule has 0 spiro atoms. The Morgan fingerprint density at radius 3 is 2.75 bits per heavy atom. The van der Waals surface area contributed by atoms with Crippen molar-refractivity contribution in [3.05, 3.63) is 24.3 Å². The van der Waals surface area contributed by atoms with Gasteiger partial charge in [0.25, 0.3) is 5.91 Å². The highest BCUT2D eigenvalue weighted by molar-refractivity contribution is 6.00. The highest BCUT2D eigenvalue weighted by Gasteiger charge is 2.35. The number of carbonyl (C=O) groups excluding carboxylic acids is 1. The summed E-state index contributed by atoms with van der Waals surface area (Å²) in [6, 6.07) is 8.51. The third-order valence-corrected chi connectivity index (χ3v) is 4.27. The van der Waals surface area contributed by atoms with Gasteiger partial charge in [-0.05, 0) is 38.8 Å².